The molecule has 2 atom stereocenters. The molecule has 0 amide bonds. The number of halogens is 1. The highest BCUT2D eigenvalue weighted by molar-refractivity contribution is 5.99. The number of nitrogens with one attached hydrogen (secondary N) is 1. The Hall–Kier alpha value is -3.19. The number of nitrogens with zero attached hydrogens (tertiary/aromatic N) is 2. The molecule has 0 bridgehead atoms. The quantitative estimate of drug-likeness (QED) is 0.403. The average molecular weight is 450 g/mol. The summed E-state index contributed by atoms with van der Waals surface area (Å²) < 4.78 is 21.9. The number of benzene rings is 2. The number of hydrogen-bond acceptors (Lipinski definition) is 3. The van der Waals surface area contributed by atoms with Crippen LogP contribution in [0.25, 0.3) is 27.5 Å². The molecule has 0 unspecified atom stereocenters. The summed E-state index contributed by atoms with van der Waals surface area (Å²) in [7, 11) is 1.48. The summed E-state index contributed by atoms with van der Waals surface area (Å²) in [5.74, 6) is -0.950. The molecule has 4 aromatic rings. The number of carboxylic acids is 1. The fourth-order valence-corrected chi connectivity index (χ4v) is 5.54. The molecular weight excluding hydrogens is 421 g/mol. The summed E-state index contributed by atoms with van der Waals surface area (Å²) in [6.45, 7) is 6.06. The predicted molar refractivity (Wildman–Crippen MR) is 126 cm³/mol. The van der Waals surface area contributed by atoms with E-state index in [1.54, 1.807) is 13.1 Å². The second-order valence-electron chi connectivity index (χ2n) is 9.49. The highest BCUT2D eigenvalue weighted by atomic mass is 19.1. The van der Waals surface area contributed by atoms with E-state index < -0.39 is 11.6 Å². The standard InChI is InChI=1S/C26H28FN3O3/c1-14(2)24-23(16-7-8-26(12-16,33-4)25(31)32)19-11-21-17(13-28-29-21)10-22(19)30(24)18-5-6-20(27)15(3)9-18/h5-6,9-11,13-14,16H,7-8,12H2,1-4H3,(H,28,29)(H,31,32)/t16-,26+/m1/s1. The lowest BCUT2D eigenvalue weighted by Gasteiger charge is -2.23. The minimum absolute atomic E-state index is 0.0316. The van der Waals surface area contributed by atoms with Gasteiger partial charge in [-0.15, -0.1) is 0 Å². The largest absolute Gasteiger partial charge is 0.479 e. The lowest BCUT2D eigenvalue weighted by atomic mass is 9.89. The van der Waals surface area contributed by atoms with Gasteiger partial charge in [0, 0.05) is 29.3 Å². The Kier molecular flexibility index (Phi) is 5.05. The van der Waals surface area contributed by atoms with Crippen molar-refractivity contribution in [3.8, 4) is 5.69 Å². The van der Waals surface area contributed by atoms with Crippen LogP contribution >= 0.6 is 0 Å². The van der Waals surface area contributed by atoms with Gasteiger partial charge in [-0.05, 0) is 79.5 Å². The van der Waals surface area contributed by atoms with Crippen LogP contribution in [0.15, 0.2) is 36.5 Å². The van der Waals surface area contributed by atoms with E-state index in [-0.39, 0.29) is 17.7 Å². The van der Waals surface area contributed by atoms with Gasteiger partial charge >= 0.3 is 5.97 Å². The molecule has 0 saturated heterocycles. The maximum absolute atomic E-state index is 14.1. The zero-order chi connectivity index (χ0) is 23.5. The number of aromatic amines is 1. The molecule has 2 aromatic carbocycles. The van der Waals surface area contributed by atoms with Gasteiger partial charge in [-0.1, -0.05) is 13.8 Å². The third kappa shape index (κ3) is 3.25. The molecule has 0 radical (unpaired) electrons. The van der Waals surface area contributed by atoms with Gasteiger partial charge in [0.05, 0.1) is 17.2 Å². The van der Waals surface area contributed by atoms with Crippen molar-refractivity contribution in [2.24, 2.45) is 0 Å². The van der Waals surface area contributed by atoms with E-state index in [4.69, 9.17) is 4.74 Å². The Morgan fingerprint density at radius 3 is 2.76 bits per heavy atom. The predicted octanol–water partition coefficient (Wildman–Crippen LogP) is 5.82. The smallest absolute Gasteiger partial charge is 0.335 e. The van der Waals surface area contributed by atoms with Crippen LogP contribution in [0.2, 0.25) is 0 Å². The van der Waals surface area contributed by atoms with Crippen molar-refractivity contribution in [2.75, 3.05) is 7.11 Å². The molecule has 2 heterocycles. The molecular formula is C26H28FN3O3. The number of rotatable bonds is 5. The molecule has 2 N–H and O–H groups in total. The van der Waals surface area contributed by atoms with E-state index in [0.717, 1.165) is 45.2 Å². The van der Waals surface area contributed by atoms with Gasteiger partial charge in [-0.3, -0.25) is 5.10 Å². The van der Waals surface area contributed by atoms with Crippen LogP contribution in [0, 0.1) is 12.7 Å². The first kappa shape index (κ1) is 21.6. The molecule has 0 spiro atoms. The molecule has 0 aliphatic heterocycles. The Morgan fingerprint density at radius 1 is 1.33 bits per heavy atom. The van der Waals surface area contributed by atoms with Crippen LogP contribution in [0.5, 0.6) is 0 Å². The Balaban J connectivity index is 1.82. The lowest BCUT2D eigenvalue weighted by Crippen LogP contribution is -2.37. The zero-order valence-corrected chi connectivity index (χ0v) is 19.3. The van der Waals surface area contributed by atoms with Crippen LogP contribution < -0.4 is 0 Å². The van der Waals surface area contributed by atoms with Crippen molar-refractivity contribution in [2.45, 2.75) is 57.5 Å². The Bertz CT molecular complexity index is 1390. The summed E-state index contributed by atoms with van der Waals surface area (Å²) in [5.41, 5.74) is 4.53. The van der Waals surface area contributed by atoms with Crippen molar-refractivity contribution >= 4 is 27.8 Å². The van der Waals surface area contributed by atoms with Crippen molar-refractivity contribution in [1.29, 1.82) is 0 Å². The monoisotopic (exact) mass is 449 g/mol. The van der Waals surface area contributed by atoms with E-state index in [9.17, 15) is 14.3 Å². The molecule has 7 heteroatoms. The van der Waals surface area contributed by atoms with Gasteiger partial charge in [-0.25, -0.2) is 9.18 Å². The van der Waals surface area contributed by atoms with E-state index >= 15 is 0 Å². The summed E-state index contributed by atoms with van der Waals surface area (Å²) >= 11 is 0. The van der Waals surface area contributed by atoms with Crippen LogP contribution in [0.4, 0.5) is 4.39 Å². The number of carbonyl (C=O) groups is 1. The molecule has 2 aromatic heterocycles. The van der Waals surface area contributed by atoms with E-state index in [2.05, 4.69) is 40.7 Å². The van der Waals surface area contributed by atoms with Crippen LogP contribution in [-0.2, 0) is 9.53 Å². The zero-order valence-electron chi connectivity index (χ0n) is 19.3. The fraction of sp³-hybridized carbons (Fsp3) is 0.385. The number of H-pyrrole nitrogens is 1. The van der Waals surface area contributed by atoms with E-state index in [1.165, 1.54) is 13.2 Å². The maximum Gasteiger partial charge on any atom is 0.335 e. The minimum Gasteiger partial charge on any atom is -0.479 e. The molecule has 33 heavy (non-hydrogen) atoms. The van der Waals surface area contributed by atoms with Gasteiger partial charge in [-0.2, -0.15) is 5.10 Å². The summed E-state index contributed by atoms with van der Waals surface area (Å²) in [6.07, 6.45) is 3.41. The topological polar surface area (TPSA) is 80.1 Å². The second-order valence-corrected chi connectivity index (χ2v) is 9.49. The fourth-order valence-electron chi connectivity index (χ4n) is 5.54. The molecule has 1 aliphatic rings. The first-order chi connectivity index (χ1) is 15.8. The number of carboxylic acid groups (broad SMARTS) is 1. The number of methoxy groups -OCH3 is 1. The highest BCUT2D eigenvalue weighted by Gasteiger charge is 2.47. The van der Waals surface area contributed by atoms with E-state index in [1.807, 2.05) is 12.1 Å². The Morgan fingerprint density at radius 2 is 2.12 bits per heavy atom. The lowest BCUT2D eigenvalue weighted by molar-refractivity contribution is -0.161. The first-order valence-electron chi connectivity index (χ1n) is 11.3. The molecule has 5 rings (SSSR count). The minimum atomic E-state index is -1.17. The maximum atomic E-state index is 14.1. The molecule has 6 nitrogen and oxygen atoms in total. The number of aryl methyl sites for hydroxylation is 1. The molecule has 1 saturated carbocycles. The van der Waals surface area contributed by atoms with Crippen LogP contribution in [0.3, 0.4) is 0 Å². The Labute approximate surface area is 191 Å². The third-order valence-electron chi connectivity index (χ3n) is 7.21. The van der Waals surface area contributed by atoms with Crippen LogP contribution in [0.1, 0.15) is 61.8 Å². The van der Waals surface area contributed by atoms with Crippen molar-refractivity contribution < 1.29 is 19.0 Å². The second kappa shape index (κ2) is 7.70. The number of hydrogen-bond donors (Lipinski definition) is 2. The number of ether oxygens (including phenoxy) is 1. The highest BCUT2D eigenvalue weighted by Crippen LogP contribution is 2.49. The molecule has 1 aliphatic carbocycles. The summed E-state index contributed by atoms with van der Waals surface area (Å²) in [4.78, 5) is 12.1. The SMILES string of the molecule is CO[C@@]1(C(=O)O)CC[C@@H](c2c(C(C)C)n(-c3ccc(F)c(C)c3)c3cc4cn[nH]c4cc23)C1. The number of aromatic nitrogens is 3. The third-order valence-corrected chi connectivity index (χ3v) is 7.21. The average Bonchev–Trinajstić information content (AvgIpc) is 3.49. The van der Waals surface area contributed by atoms with Crippen LogP contribution in [-0.4, -0.2) is 38.6 Å². The molecule has 172 valence electrons. The van der Waals surface area contributed by atoms with Gasteiger partial charge in [0.15, 0.2) is 5.60 Å². The van der Waals surface area contributed by atoms with Gasteiger partial charge in [0.2, 0.25) is 0 Å². The van der Waals surface area contributed by atoms with Gasteiger partial charge in [0.1, 0.15) is 5.82 Å². The van der Waals surface area contributed by atoms with Crippen molar-refractivity contribution in [3.63, 3.8) is 0 Å². The van der Waals surface area contributed by atoms with Gasteiger partial charge in [0.25, 0.3) is 0 Å². The molecule has 1 fully saturated rings. The number of aliphatic carboxylic acids is 1. The first-order valence-corrected chi connectivity index (χ1v) is 11.3. The summed E-state index contributed by atoms with van der Waals surface area (Å²) in [5, 5.41) is 19.2. The van der Waals surface area contributed by atoms with Gasteiger partial charge < -0.3 is 14.4 Å². The number of fused-ring (bicyclic) bond motifs is 2. The van der Waals surface area contributed by atoms with E-state index in [0.29, 0.717) is 18.4 Å². The summed E-state index contributed by atoms with van der Waals surface area (Å²) in [6, 6.07) is 9.40. The normalized spacial score (nSPS) is 21.0. The van der Waals surface area contributed by atoms with Crippen molar-refractivity contribution in [3.05, 3.63) is 59.2 Å². The van der Waals surface area contributed by atoms with Crippen molar-refractivity contribution in [1.82, 2.24) is 14.8 Å².